The van der Waals surface area contributed by atoms with E-state index >= 15 is 0 Å². The Labute approximate surface area is 99.2 Å². The molecule has 0 aliphatic rings. The van der Waals surface area contributed by atoms with Crippen LogP contribution in [0.4, 0.5) is 5.69 Å². The molecule has 0 bridgehead atoms. The van der Waals surface area contributed by atoms with Gasteiger partial charge in [0.25, 0.3) is 0 Å². The summed E-state index contributed by atoms with van der Waals surface area (Å²) in [5, 5.41) is 3.28. The summed E-state index contributed by atoms with van der Waals surface area (Å²) in [6.07, 6.45) is 0.856. The summed E-state index contributed by atoms with van der Waals surface area (Å²) in [5.41, 5.74) is 1.05. The standard InChI is InChI=1S/C12H14BrNO/c1-3-4-5-8-14-10-6-7-11(13)12(9-10)15-2/h6-7,9,14H,5,8H2,1-2H3. The van der Waals surface area contributed by atoms with Crippen molar-refractivity contribution in [2.45, 2.75) is 13.3 Å². The van der Waals surface area contributed by atoms with E-state index in [4.69, 9.17) is 4.74 Å². The lowest BCUT2D eigenvalue weighted by molar-refractivity contribution is 0.412. The van der Waals surface area contributed by atoms with Crippen molar-refractivity contribution in [3.8, 4) is 17.6 Å². The maximum absolute atomic E-state index is 5.20. The molecule has 0 atom stereocenters. The molecule has 15 heavy (non-hydrogen) atoms. The van der Waals surface area contributed by atoms with E-state index < -0.39 is 0 Å². The minimum atomic E-state index is 0.835. The van der Waals surface area contributed by atoms with Gasteiger partial charge in [-0.1, -0.05) is 0 Å². The van der Waals surface area contributed by atoms with Gasteiger partial charge >= 0.3 is 0 Å². The molecule has 1 rings (SSSR count). The SMILES string of the molecule is CC#CCCNc1ccc(Br)c(OC)c1. The minimum absolute atomic E-state index is 0.835. The Balaban J connectivity index is 2.57. The summed E-state index contributed by atoms with van der Waals surface area (Å²) >= 11 is 3.41. The fourth-order valence-electron chi connectivity index (χ4n) is 1.16. The first-order chi connectivity index (χ1) is 7.27. The van der Waals surface area contributed by atoms with Gasteiger partial charge in [0.05, 0.1) is 11.6 Å². The molecular formula is C12H14BrNO. The number of rotatable bonds is 4. The van der Waals surface area contributed by atoms with Crippen molar-refractivity contribution in [1.82, 2.24) is 0 Å². The molecule has 1 N–H and O–H groups in total. The molecule has 0 amide bonds. The monoisotopic (exact) mass is 267 g/mol. The van der Waals surface area contributed by atoms with E-state index in [0.717, 1.165) is 28.9 Å². The first kappa shape index (κ1) is 11.9. The van der Waals surface area contributed by atoms with Crippen molar-refractivity contribution in [3.63, 3.8) is 0 Å². The molecular weight excluding hydrogens is 254 g/mol. The van der Waals surface area contributed by atoms with Crippen LogP contribution in [0.5, 0.6) is 5.75 Å². The zero-order chi connectivity index (χ0) is 11.1. The quantitative estimate of drug-likeness (QED) is 0.668. The molecule has 0 aliphatic carbocycles. The Bertz CT molecular complexity index is 379. The van der Waals surface area contributed by atoms with Crippen LogP contribution >= 0.6 is 15.9 Å². The highest BCUT2D eigenvalue weighted by Gasteiger charge is 2.00. The number of halogens is 1. The number of hydrogen-bond acceptors (Lipinski definition) is 2. The highest BCUT2D eigenvalue weighted by atomic mass is 79.9. The Morgan fingerprint density at radius 2 is 2.27 bits per heavy atom. The smallest absolute Gasteiger partial charge is 0.135 e. The summed E-state index contributed by atoms with van der Waals surface area (Å²) in [5.74, 6) is 6.70. The van der Waals surface area contributed by atoms with Crippen molar-refractivity contribution >= 4 is 21.6 Å². The largest absolute Gasteiger partial charge is 0.495 e. The summed E-state index contributed by atoms with van der Waals surface area (Å²) < 4.78 is 6.16. The van der Waals surface area contributed by atoms with Gasteiger partial charge in [-0.3, -0.25) is 0 Å². The number of ether oxygens (including phenoxy) is 1. The van der Waals surface area contributed by atoms with Crippen molar-refractivity contribution in [1.29, 1.82) is 0 Å². The van der Waals surface area contributed by atoms with E-state index in [1.165, 1.54) is 0 Å². The highest BCUT2D eigenvalue weighted by Crippen LogP contribution is 2.27. The van der Waals surface area contributed by atoms with Gasteiger partial charge in [0.1, 0.15) is 5.75 Å². The van der Waals surface area contributed by atoms with Gasteiger partial charge in [-0.2, -0.15) is 0 Å². The number of benzene rings is 1. The molecule has 0 spiro atoms. The second-order valence-electron chi connectivity index (χ2n) is 2.95. The van der Waals surface area contributed by atoms with Crippen LogP contribution in [0.1, 0.15) is 13.3 Å². The molecule has 0 fully saturated rings. The molecule has 1 aromatic carbocycles. The number of anilines is 1. The molecule has 0 heterocycles. The van der Waals surface area contributed by atoms with Crippen LogP contribution < -0.4 is 10.1 Å². The average Bonchev–Trinajstić information content (AvgIpc) is 2.26. The summed E-state index contributed by atoms with van der Waals surface area (Å²) in [6.45, 7) is 2.70. The molecule has 2 nitrogen and oxygen atoms in total. The predicted octanol–water partition coefficient (Wildman–Crippen LogP) is 3.28. The van der Waals surface area contributed by atoms with Gasteiger partial charge in [-0.15, -0.1) is 11.8 Å². The van der Waals surface area contributed by atoms with E-state index in [1.54, 1.807) is 7.11 Å². The van der Waals surface area contributed by atoms with Crippen LogP contribution in [0, 0.1) is 11.8 Å². The first-order valence-corrected chi connectivity index (χ1v) is 5.54. The van der Waals surface area contributed by atoms with Gasteiger partial charge in [0.2, 0.25) is 0 Å². The molecule has 80 valence electrons. The number of nitrogens with one attached hydrogen (secondary N) is 1. The third-order valence-electron chi connectivity index (χ3n) is 1.91. The van der Waals surface area contributed by atoms with Crippen LogP contribution in [0.15, 0.2) is 22.7 Å². The van der Waals surface area contributed by atoms with Crippen LogP contribution in [0.3, 0.4) is 0 Å². The van der Waals surface area contributed by atoms with Gasteiger partial charge in [-0.05, 0) is 35.0 Å². The van der Waals surface area contributed by atoms with Crippen molar-refractivity contribution in [3.05, 3.63) is 22.7 Å². The molecule has 0 radical (unpaired) electrons. The number of hydrogen-bond donors (Lipinski definition) is 1. The maximum atomic E-state index is 5.20. The Morgan fingerprint density at radius 3 is 2.93 bits per heavy atom. The van der Waals surface area contributed by atoms with E-state index in [0.29, 0.717) is 0 Å². The van der Waals surface area contributed by atoms with Gasteiger partial charge in [0, 0.05) is 24.7 Å². The third-order valence-corrected chi connectivity index (χ3v) is 2.56. The van der Waals surface area contributed by atoms with E-state index in [-0.39, 0.29) is 0 Å². The van der Waals surface area contributed by atoms with Crippen LogP contribution in [0.25, 0.3) is 0 Å². The lowest BCUT2D eigenvalue weighted by Crippen LogP contribution is -2.00. The second-order valence-corrected chi connectivity index (χ2v) is 3.81. The molecule has 0 saturated heterocycles. The van der Waals surface area contributed by atoms with E-state index in [9.17, 15) is 0 Å². The zero-order valence-corrected chi connectivity index (χ0v) is 10.5. The Kier molecular flexibility index (Phi) is 5.06. The zero-order valence-electron chi connectivity index (χ0n) is 8.93. The van der Waals surface area contributed by atoms with Gasteiger partial charge < -0.3 is 10.1 Å². The van der Waals surface area contributed by atoms with E-state index in [2.05, 4.69) is 33.1 Å². The Morgan fingerprint density at radius 1 is 1.47 bits per heavy atom. The van der Waals surface area contributed by atoms with Crippen molar-refractivity contribution < 1.29 is 4.74 Å². The van der Waals surface area contributed by atoms with Crippen LogP contribution in [-0.2, 0) is 0 Å². The number of methoxy groups -OCH3 is 1. The van der Waals surface area contributed by atoms with Crippen molar-refractivity contribution in [2.24, 2.45) is 0 Å². The van der Waals surface area contributed by atoms with Gasteiger partial charge in [0.15, 0.2) is 0 Å². The normalized spacial score (nSPS) is 9.00. The second kappa shape index (κ2) is 6.36. The molecule has 0 aromatic heterocycles. The third kappa shape index (κ3) is 3.85. The van der Waals surface area contributed by atoms with Crippen molar-refractivity contribution in [2.75, 3.05) is 19.0 Å². The summed E-state index contributed by atoms with van der Waals surface area (Å²) in [4.78, 5) is 0. The lowest BCUT2D eigenvalue weighted by atomic mass is 10.3. The first-order valence-electron chi connectivity index (χ1n) is 4.75. The van der Waals surface area contributed by atoms with E-state index in [1.807, 2.05) is 25.1 Å². The summed E-state index contributed by atoms with van der Waals surface area (Å²) in [7, 11) is 1.66. The average molecular weight is 268 g/mol. The minimum Gasteiger partial charge on any atom is -0.495 e. The summed E-state index contributed by atoms with van der Waals surface area (Å²) in [6, 6.07) is 5.93. The topological polar surface area (TPSA) is 21.3 Å². The fourth-order valence-corrected chi connectivity index (χ4v) is 1.57. The Hall–Kier alpha value is -1.14. The highest BCUT2D eigenvalue weighted by molar-refractivity contribution is 9.10. The maximum Gasteiger partial charge on any atom is 0.135 e. The molecule has 1 aromatic rings. The fraction of sp³-hybridized carbons (Fsp3) is 0.333. The van der Waals surface area contributed by atoms with Gasteiger partial charge in [-0.25, -0.2) is 0 Å². The molecule has 0 aliphatic heterocycles. The van der Waals surface area contributed by atoms with Crippen LogP contribution in [0.2, 0.25) is 0 Å². The predicted molar refractivity (Wildman–Crippen MR) is 67.3 cm³/mol. The molecule has 0 saturated carbocycles. The lowest BCUT2D eigenvalue weighted by Gasteiger charge is -2.07. The molecule has 3 heteroatoms. The molecule has 0 unspecified atom stereocenters. The van der Waals surface area contributed by atoms with Crippen LogP contribution in [-0.4, -0.2) is 13.7 Å².